The zero-order valence-electron chi connectivity index (χ0n) is 10.8. The first-order valence-corrected chi connectivity index (χ1v) is 6.03. The number of rotatable bonds is 3. The number of anilines is 1. The molecular weight excluding hydrogens is 242 g/mol. The third-order valence-corrected chi connectivity index (χ3v) is 2.74. The lowest BCUT2D eigenvalue weighted by Crippen LogP contribution is -2.18. The van der Waals surface area contributed by atoms with Gasteiger partial charge in [0.25, 0.3) is 11.5 Å². The highest BCUT2D eigenvalue weighted by Crippen LogP contribution is 2.23. The van der Waals surface area contributed by atoms with Gasteiger partial charge in [-0.25, -0.2) is 4.98 Å². The van der Waals surface area contributed by atoms with Crippen LogP contribution in [0.1, 0.15) is 35.8 Å². The Hall–Kier alpha value is -2.43. The zero-order valence-corrected chi connectivity index (χ0v) is 10.8. The fourth-order valence-electron chi connectivity index (χ4n) is 1.79. The van der Waals surface area contributed by atoms with Crippen molar-refractivity contribution in [1.82, 2.24) is 9.97 Å². The lowest BCUT2D eigenvalue weighted by Gasteiger charge is -2.13. The second kappa shape index (κ2) is 5.48. The molecule has 0 atom stereocenters. The molecule has 1 aromatic carbocycles. The average molecular weight is 257 g/mol. The standard InChI is InChI=1S/C14H15N3O2/c1-9(2)10-5-3-4-6-11(10)17-14(19)12-7-13(18)16-8-15-12/h3-9H,1-2H3,(H,17,19)(H,15,16,18). The van der Waals surface area contributed by atoms with Gasteiger partial charge in [0.1, 0.15) is 5.69 Å². The number of H-pyrrole nitrogens is 1. The maximum atomic E-state index is 12.0. The molecule has 0 aliphatic carbocycles. The molecule has 0 fully saturated rings. The van der Waals surface area contributed by atoms with Gasteiger partial charge in [0, 0.05) is 11.8 Å². The number of benzene rings is 1. The Labute approximate surface area is 110 Å². The van der Waals surface area contributed by atoms with Crippen LogP contribution >= 0.6 is 0 Å². The molecule has 0 unspecified atom stereocenters. The maximum absolute atomic E-state index is 12.0. The Morgan fingerprint density at radius 2 is 2.05 bits per heavy atom. The van der Waals surface area contributed by atoms with Crippen molar-refractivity contribution >= 4 is 11.6 Å². The fraction of sp³-hybridized carbons (Fsp3) is 0.214. The minimum absolute atomic E-state index is 0.0994. The summed E-state index contributed by atoms with van der Waals surface area (Å²) in [7, 11) is 0. The maximum Gasteiger partial charge on any atom is 0.274 e. The number of hydrogen-bond acceptors (Lipinski definition) is 3. The summed E-state index contributed by atoms with van der Waals surface area (Å²) >= 11 is 0. The van der Waals surface area contributed by atoms with Gasteiger partial charge in [-0.2, -0.15) is 0 Å². The summed E-state index contributed by atoms with van der Waals surface area (Å²) in [4.78, 5) is 29.4. The summed E-state index contributed by atoms with van der Waals surface area (Å²) in [6.45, 7) is 4.10. The van der Waals surface area contributed by atoms with Crippen molar-refractivity contribution in [1.29, 1.82) is 0 Å². The molecule has 19 heavy (non-hydrogen) atoms. The predicted molar refractivity (Wildman–Crippen MR) is 73.3 cm³/mol. The first-order valence-electron chi connectivity index (χ1n) is 6.03. The van der Waals surface area contributed by atoms with Gasteiger partial charge in [-0.1, -0.05) is 32.0 Å². The topological polar surface area (TPSA) is 74.8 Å². The van der Waals surface area contributed by atoms with Crippen LogP contribution in [0.25, 0.3) is 0 Å². The van der Waals surface area contributed by atoms with E-state index in [0.29, 0.717) is 5.92 Å². The van der Waals surface area contributed by atoms with Crippen LogP contribution in [0.2, 0.25) is 0 Å². The van der Waals surface area contributed by atoms with Crippen LogP contribution in [0.15, 0.2) is 41.5 Å². The molecule has 1 heterocycles. The molecule has 5 heteroatoms. The molecule has 1 amide bonds. The third kappa shape index (κ3) is 3.07. The molecule has 1 aromatic heterocycles. The Morgan fingerprint density at radius 1 is 1.32 bits per heavy atom. The SMILES string of the molecule is CC(C)c1ccccc1NC(=O)c1cc(=O)[nH]cn1. The molecule has 2 N–H and O–H groups in total. The predicted octanol–water partition coefficient (Wildman–Crippen LogP) is 2.15. The number of hydrogen-bond donors (Lipinski definition) is 2. The summed E-state index contributed by atoms with van der Waals surface area (Å²) < 4.78 is 0. The van der Waals surface area contributed by atoms with Crippen LogP contribution in [-0.4, -0.2) is 15.9 Å². The number of nitrogens with zero attached hydrogens (tertiary/aromatic N) is 1. The second-order valence-corrected chi connectivity index (χ2v) is 4.49. The smallest absolute Gasteiger partial charge is 0.274 e. The molecule has 0 aliphatic rings. The number of para-hydroxylation sites is 1. The van der Waals surface area contributed by atoms with Crippen molar-refractivity contribution in [2.24, 2.45) is 0 Å². The summed E-state index contributed by atoms with van der Waals surface area (Å²) in [5.41, 5.74) is 1.53. The molecule has 5 nitrogen and oxygen atoms in total. The fourth-order valence-corrected chi connectivity index (χ4v) is 1.79. The monoisotopic (exact) mass is 257 g/mol. The van der Waals surface area contributed by atoms with E-state index in [9.17, 15) is 9.59 Å². The van der Waals surface area contributed by atoms with Crippen molar-refractivity contribution < 1.29 is 4.79 Å². The Bertz CT molecular complexity index is 647. The third-order valence-electron chi connectivity index (χ3n) is 2.74. The van der Waals surface area contributed by atoms with Gasteiger partial charge in [-0.15, -0.1) is 0 Å². The van der Waals surface area contributed by atoms with Gasteiger partial charge >= 0.3 is 0 Å². The highest BCUT2D eigenvalue weighted by molar-refractivity contribution is 6.03. The van der Waals surface area contributed by atoms with E-state index < -0.39 is 0 Å². The number of aromatic amines is 1. The van der Waals surface area contributed by atoms with E-state index in [1.54, 1.807) is 0 Å². The van der Waals surface area contributed by atoms with Crippen LogP contribution in [-0.2, 0) is 0 Å². The molecule has 0 bridgehead atoms. The largest absolute Gasteiger partial charge is 0.320 e. The van der Waals surface area contributed by atoms with Crippen molar-refractivity contribution in [3.8, 4) is 0 Å². The summed E-state index contributed by atoms with van der Waals surface area (Å²) in [6, 6.07) is 8.75. The number of carbonyl (C=O) groups is 1. The number of nitrogens with one attached hydrogen (secondary N) is 2. The highest BCUT2D eigenvalue weighted by atomic mass is 16.2. The first kappa shape index (κ1) is 13.0. The van der Waals surface area contributed by atoms with Gasteiger partial charge in [0.05, 0.1) is 6.33 Å². The van der Waals surface area contributed by atoms with Crippen LogP contribution in [0.5, 0.6) is 0 Å². The minimum atomic E-state index is -0.390. The molecule has 0 saturated heterocycles. The molecule has 0 aliphatic heterocycles. The zero-order chi connectivity index (χ0) is 13.8. The molecule has 2 rings (SSSR count). The normalized spacial score (nSPS) is 10.5. The molecule has 0 spiro atoms. The molecule has 98 valence electrons. The van der Waals surface area contributed by atoms with Crippen LogP contribution in [0.4, 0.5) is 5.69 Å². The van der Waals surface area contributed by atoms with Gasteiger partial charge in [0.15, 0.2) is 0 Å². The lowest BCUT2D eigenvalue weighted by molar-refractivity contribution is 0.102. The van der Waals surface area contributed by atoms with Crippen LogP contribution < -0.4 is 10.9 Å². The highest BCUT2D eigenvalue weighted by Gasteiger charge is 2.11. The summed E-state index contributed by atoms with van der Waals surface area (Å²) in [5, 5.41) is 2.78. The second-order valence-electron chi connectivity index (χ2n) is 4.49. The van der Waals surface area contributed by atoms with E-state index in [1.165, 1.54) is 12.4 Å². The van der Waals surface area contributed by atoms with E-state index in [2.05, 4.69) is 29.1 Å². The van der Waals surface area contributed by atoms with Gasteiger partial charge in [-0.05, 0) is 17.5 Å². The molecule has 0 saturated carbocycles. The van der Waals surface area contributed by atoms with Gasteiger partial charge < -0.3 is 10.3 Å². The van der Waals surface area contributed by atoms with Crippen molar-refractivity contribution in [2.75, 3.05) is 5.32 Å². The molecule has 0 radical (unpaired) electrons. The van der Waals surface area contributed by atoms with Crippen LogP contribution in [0.3, 0.4) is 0 Å². The Balaban J connectivity index is 2.27. The quantitative estimate of drug-likeness (QED) is 0.884. The van der Waals surface area contributed by atoms with E-state index in [-0.39, 0.29) is 17.2 Å². The van der Waals surface area contributed by atoms with Gasteiger partial charge in [-0.3, -0.25) is 9.59 Å². The van der Waals surface area contributed by atoms with Crippen LogP contribution in [0, 0.1) is 0 Å². The van der Waals surface area contributed by atoms with Crippen molar-refractivity contribution in [3.05, 3.63) is 58.3 Å². The van der Waals surface area contributed by atoms with E-state index >= 15 is 0 Å². The van der Waals surface area contributed by atoms with E-state index in [4.69, 9.17) is 0 Å². The Morgan fingerprint density at radius 3 is 2.74 bits per heavy atom. The van der Waals surface area contributed by atoms with Crippen molar-refractivity contribution in [3.63, 3.8) is 0 Å². The number of aromatic nitrogens is 2. The number of amides is 1. The molecular formula is C14H15N3O2. The summed E-state index contributed by atoms with van der Waals surface area (Å²) in [6.07, 6.45) is 1.21. The average Bonchev–Trinajstić information content (AvgIpc) is 2.39. The van der Waals surface area contributed by atoms with E-state index in [0.717, 1.165) is 11.3 Å². The van der Waals surface area contributed by atoms with E-state index in [1.807, 2.05) is 24.3 Å². The van der Waals surface area contributed by atoms with Crippen molar-refractivity contribution in [2.45, 2.75) is 19.8 Å². The Kier molecular flexibility index (Phi) is 3.75. The minimum Gasteiger partial charge on any atom is -0.320 e. The summed E-state index contributed by atoms with van der Waals surface area (Å²) in [5.74, 6) is -0.0946. The number of carbonyl (C=O) groups excluding carboxylic acids is 1. The first-order chi connectivity index (χ1) is 9.08. The lowest BCUT2D eigenvalue weighted by atomic mass is 10.0. The van der Waals surface area contributed by atoms with Gasteiger partial charge in [0.2, 0.25) is 0 Å². The molecule has 2 aromatic rings.